The lowest BCUT2D eigenvalue weighted by molar-refractivity contribution is -0.153. The van der Waals surface area contributed by atoms with E-state index in [1.165, 1.54) is 11.0 Å². The van der Waals surface area contributed by atoms with Gasteiger partial charge < -0.3 is 31.5 Å². The smallest absolute Gasteiger partial charge is 0.255 e. The number of halogens is 1. The van der Waals surface area contributed by atoms with Crippen LogP contribution in [0.25, 0.3) is 16.9 Å². The number of Topliss-reactive ketones (excluding diaryl/α,β-unsaturated/α-hetero) is 2. The number of nitrogens with zero attached hydrogens (tertiary/aromatic N) is 1. The molecule has 0 heterocycles. The fourth-order valence-corrected chi connectivity index (χ4v) is 6.62. The van der Waals surface area contributed by atoms with Crippen LogP contribution < -0.4 is 11.1 Å². The number of hydrogen-bond donors (Lipinski definition) is 6. The maximum atomic E-state index is 13.9. The largest absolute Gasteiger partial charge is 0.508 e. The first-order chi connectivity index (χ1) is 19.4. The minimum atomic E-state index is -2.68. The molecule has 1 unspecified atom stereocenters. The number of benzene rings is 2. The van der Waals surface area contributed by atoms with Crippen molar-refractivity contribution in [1.82, 2.24) is 10.2 Å². The Morgan fingerprint density at radius 1 is 1.12 bits per heavy atom. The number of carbonyl (C=O) groups excluding carboxylic acids is 3. The normalized spacial score (nSPS) is 25.7. The summed E-state index contributed by atoms with van der Waals surface area (Å²) >= 11 is 0. The number of hydrogen-bond acceptors (Lipinski definition) is 9. The number of likely N-dealkylation sites (N-methyl/N-ethyl adjacent to an activating group) is 1. The molecule has 0 radical (unpaired) electrons. The molecule has 2 aromatic carbocycles. The minimum Gasteiger partial charge on any atom is -0.508 e. The Bertz CT molecular complexity index is 1510. The van der Waals surface area contributed by atoms with Gasteiger partial charge in [-0.25, -0.2) is 4.39 Å². The summed E-state index contributed by atoms with van der Waals surface area (Å²) in [5, 5.41) is 47.8. The standard InChI is InChI=1S/C30H32FN3O7/c1-34(2)24-19-12-16-11-18-17(15-5-3-14(4-6-15)13-33-10-9-31)7-8-20(35)22(18)25(36)21(16)27(38)30(19,41)28(39)23(26(24)37)29(32)40/h3-8,16,19,24,33,35-36,39,41H,9-13H2,1-2H3,(H2,32,40)/t16-,19-,24?,30-/m0/s1. The maximum absolute atomic E-state index is 13.9. The summed E-state index contributed by atoms with van der Waals surface area (Å²) in [5.74, 6) is -6.85. The number of phenols is 1. The molecule has 0 aliphatic heterocycles. The molecule has 216 valence electrons. The van der Waals surface area contributed by atoms with Gasteiger partial charge in [-0.1, -0.05) is 30.3 Å². The third-order valence-electron chi connectivity index (χ3n) is 8.47. The van der Waals surface area contributed by atoms with Crippen molar-refractivity contribution >= 4 is 23.2 Å². The van der Waals surface area contributed by atoms with E-state index in [4.69, 9.17) is 5.73 Å². The van der Waals surface area contributed by atoms with E-state index in [0.717, 1.165) is 11.1 Å². The molecule has 11 heteroatoms. The van der Waals surface area contributed by atoms with Crippen LogP contribution in [0.3, 0.4) is 0 Å². The van der Waals surface area contributed by atoms with Crippen LogP contribution in [0.5, 0.6) is 5.75 Å². The monoisotopic (exact) mass is 565 g/mol. The summed E-state index contributed by atoms with van der Waals surface area (Å²) in [7, 11) is 3.11. The summed E-state index contributed by atoms with van der Waals surface area (Å²) in [4.78, 5) is 40.8. The third-order valence-corrected chi connectivity index (χ3v) is 8.47. The number of nitrogens with one attached hydrogen (secondary N) is 1. The van der Waals surface area contributed by atoms with Crippen molar-refractivity contribution < 1.29 is 39.2 Å². The van der Waals surface area contributed by atoms with Crippen molar-refractivity contribution in [2.24, 2.45) is 17.6 Å². The number of aromatic hydroxyl groups is 1. The van der Waals surface area contributed by atoms with Crippen LogP contribution >= 0.6 is 0 Å². The van der Waals surface area contributed by atoms with Gasteiger partial charge in [0.05, 0.1) is 11.6 Å². The Labute approximate surface area is 235 Å². The Balaban J connectivity index is 1.63. The second kappa shape index (κ2) is 10.4. The van der Waals surface area contributed by atoms with E-state index in [-0.39, 0.29) is 36.3 Å². The summed E-state index contributed by atoms with van der Waals surface area (Å²) in [6, 6.07) is 9.48. The highest BCUT2D eigenvalue weighted by Crippen LogP contribution is 2.53. The van der Waals surface area contributed by atoms with Crippen LogP contribution in [0.4, 0.5) is 4.39 Å². The molecular weight excluding hydrogens is 533 g/mol. The molecule has 0 bridgehead atoms. The minimum absolute atomic E-state index is 0.0139. The first-order valence-corrected chi connectivity index (χ1v) is 13.3. The number of alkyl halides is 1. The van der Waals surface area contributed by atoms with Crippen molar-refractivity contribution in [1.29, 1.82) is 0 Å². The van der Waals surface area contributed by atoms with E-state index in [2.05, 4.69) is 5.32 Å². The van der Waals surface area contributed by atoms with Crippen molar-refractivity contribution in [3.05, 3.63) is 70.0 Å². The predicted molar refractivity (Wildman–Crippen MR) is 147 cm³/mol. The first-order valence-electron chi connectivity index (χ1n) is 13.3. The Morgan fingerprint density at radius 3 is 2.41 bits per heavy atom. The summed E-state index contributed by atoms with van der Waals surface area (Å²) in [6.07, 6.45) is 0.206. The number of amides is 1. The van der Waals surface area contributed by atoms with Gasteiger partial charge in [-0.05, 0) is 61.2 Å². The van der Waals surface area contributed by atoms with Crippen LogP contribution in [0.2, 0.25) is 0 Å². The molecule has 7 N–H and O–H groups in total. The summed E-state index contributed by atoms with van der Waals surface area (Å²) < 4.78 is 12.4. The van der Waals surface area contributed by atoms with Gasteiger partial charge in [-0.2, -0.15) is 0 Å². The van der Waals surface area contributed by atoms with Crippen molar-refractivity contribution in [3.8, 4) is 16.9 Å². The van der Waals surface area contributed by atoms with Gasteiger partial charge >= 0.3 is 0 Å². The van der Waals surface area contributed by atoms with Gasteiger partial charge in [0, 0.05) is 24.6 Å². The van der Waals surface area contributed by atoms with Crippen LogP contribution in [0.1, 0.15) is 23.1 Å². The topological polar surface area (TPSA) is 173 Å². The van der Waals surface area contributed by atoms with E-state index in [9.17, 15) is 39.2 Å². The molecule has 4 atom stereocenters. The van der Waals surface area contributed by atoms with Gasteiger partial charge in [0.1, 0.15) is 29.5 Å². The molecule has 1 amide bonds. The number of fused-ring (bicyclic) bond motifs is 3. The molecule has 0 saturated heterocycles. The van der Waals surface area contributed by atoms with Crippen LogP contribution in [-0.2, 0) is 27.3 Å². The summed E-state index contributed by atoms with van der Waals surface area (Å²) in [5.41, 5.74) is 4.70. The number of aliphatic hydroxyl groups excluding tert-OH is 2. The maximum Gasteiger partial charge on any atom is 0.255 e. The average molecular weight is 566 g/mol. The van der Waals surface area contributed by atoms with E-state index >= 15 is 0 Å². The molecule has 41 heavy (non-hydrogen) atoms. The highest BCUT2D eigenvalue weighted by atomic mass is 19.1. The van der Waals surface area contributed by atoms with Gasteiger partial charge in [0.2, 0.25) is 5.78 Å². The second-order valence-corrected chi connectivity index (χ2v) is 11.0. The zero-order valence-corrected chi connectivity index (χ0v) is 22.6. The fourth-order valence-electron chi connectivity index (χ4n) is 6.62. The zero-order valence-electron chi connectivity index (χ0n) is 22.6. The van der Waals surface area contributed by atoms with E-state index in [0.29, 0.717) is 17.7 Å². The van der Waals surface area contributed by atoms with Crippen molar-refractivity contribution in [2.75, 3.05) is 27.3 Å². The molecule has 3 aliphatic carbocycles. The Kier molecular flexibility index (Phi) is 7.22. The second-order valence-electron chi connectivity index (χ2n) is 11.0. The Morgan fingerprint density at radius 2 is 1.80 bits per heavy atom. The predicted octanol–water partition coefficient (Wildman–Crippen LogP) is 1.69. The zero-order chi connectivity index (χ0) is 29.8. The van der Waals surface area contributed by atoms with Crippen LogP contribution in [-0.4, -0.2) is 81.8 Å². The molecule has 5 rings (SSSR count). The van der Waals surface area contributed by atoms with Gasteiger partial charge in [0.15, 0.2) is 11.4 Å². The molecule has 10 nitrogen and oxygen atoms in total. The number of phenolic OH excluding ortho intramolecular Hbond substituents is 1. The van der Waals surface area contributed by atoms with Gasteiger partial charge in [-0.3, -0.25) is 19.3 Å². The van der Waals surface area contributed by atoms with Crippen molar-refractivity contribution in [3.63, 3.8) is 0 Å². The lowest BCUT2D eigenvalue weighted by Crippen LogP contribution is -2.65. The van der Waals surface area contributed by atoms with Crippen molar-refractivity contribution in [2.45, 2.75) is 31.0 Å². The first kappa shape index (κ1) is 28.5. The number of carbonyl (C=O) groups is 3. The number of rotatable bonds is 7. The highest BCUT2D eigenvalue weighted by Gasteiger charge is 2.64. The Hall–Kier alpha value is -4.06. The van der Waals surface area contributed by atoms with Crippen LogP contribution in [0, 0.1) is 11.8 Å². The molecule has 1 saturated carbocycles. The van der Waals surface area contributed by atoms with E-state index in [1.54, 1.807) is 20.2 Å². The highest BCUT2D eigenvalue weighted by molar-refractivity contribution is 6.24. The number of ketones is 2. The lowest BCUT2D eigenvalue weighted by atomic mass is 9.57. The SMILES string of the molecule is CN(C)C1C(=O)C(C(N)=O)=C(O)[C@@]2(O)C(=O)C3=C(O)c4c(O)ccc(-c5ccc(CNCCF)cc5)c4C[C@H]3C[C@@H]12. The molecule has 0 aromatic heterocycles. The summed E-state index contributed by atoms with van der Waals surface area (Å²) in [6.45, 7) is 0.267. The number of aliphatic hydroxyl groups is 3. The quantitative estimate of drug-likeness (QED) is 0.216. The van der Waals surface area contributed by atoms with E-state index < -0.39 is 64.7 Å². The molecule has 1 fully saturated rings. The van der Waals surface area contributed by atoms with Crippen LogP contribution in [0.15, 0.2) is 53.3 Å². The average Bonchev–Trinajstić information content (AvgIpc) is 2.91. The molecule has 2 aromatic rings. The molecular formula is C30H32FN3O7. The molecule has 3 aliphatic rings. The van der Waals surface area contributed by atoms with E-state index in [1.807, 2.05) is 24.3 Å². The lowest BCUT2D eigenvalue weighted by Gasteiger charge is -2.50. The third kappa shape index (κ3) is 4.32. The number of nitrogens with two attached hydrogens (primary N) is 1. The van der Waals surface area contributed by atoms with Gasteiger partial charge in [-0.15, -0.1) is 0 Å². The van der Waals surface area contributed by atoms with Gasteiger partial charge in [0.25, 0.3) is 5.91 Å². The molecule has 0 spiro atoms. The fraction of sp³-hybridized carbons (Fsp3) is 0.367. The number of primary amides is 1.